The minimum atomic E-state index is 0.530. The van der Waals surface area contributed by atoms with Gasteiger partial charge in [-0.25, -0.2) is 0 Å². The van der Waals surface area contributed by atoms with Gasteiger partial charge in [0.25, 0.3) is 0 Å². The fourth-order valence-corrected chi connectivity index (χ4v) is 7.02. The molecule has 6 aliphatic heterocycles. The first kappa shape index (κ1) is 39.5. The molecular formula is C32H56N6O6S2. The lowest BCUT2D eigenvalue weighted by atomic mass is 10.4. The molecule has 0 aliphatic carbocycles. The molecule has 6 heterocycles. The Bertz CT molecular complexity index is 809. The minimum absolute atomic E-state index is 0.530. The summed E-state index contributed by atoms with van der Waals surface area (Å²) in [5, 5.41) is 19.6. The van der Waals surface area contributed by atoms with Crippen LogP contribution in [0.5, 0.6) is 0 Å². The van der Waals surface area contributed by atoms with Crippen molar-refractivity contribution in [2.45, 2.75) is 12.8 Å². The molecule has 0 N–H and O–H groups in total. The van der Waals surface area contributed by atoms with Crippen LogP contribution < -0.4 is 0 Å². The van der Waals surface area contributed by atoms with E-state index in [0.29, 0.717) is 89.1 Å². The predicted molar refractivity (Wildman–Crippen MR) is 183 cm³/mol. The summed E-state index contributed by atoms with van der Waals surface area (Å²) in [6.45, 7) is 18.3. The monoisotopic (exact) mass is 684 g/mol. The van der Waals surface area contributed by atoms with E-state index in [9.17, 15) is 10.5 Å². The summed E-state index contributed by atoms with van der Waals surface area (Å²) in [4.78, 5) is 10.5. The number of ether oxygens (including phenoxy) is 6. The number of nitrogens with zero attached hydrogens (tertiary/aromatic N) is 6. The van der Waals surface area contributed by atoms with Crippen LogP contribution >= 0.6 is 23.5 Å². The molecule has 0 aromatic heterocycles. The van der Waals surface area contributed by atoms with Gasteiger partial charge >= 0.3 is 0 Å². The zero-order valence-corrected chi connectivity index (χ0v) is 29.4. The molecule has 0 aromatic rings. The summed E-state index contributed by atoms with van der Waals surface area (Å²) in [5.41, 5.74) is 0. The molecule has 0 spiro atoms. The molecule has 6 rings (SSSR count). The molecule has 262 valence electrons. The van der Waals surface area contributed by atoms with Gasteiger partial charge in [-0.1, -0.05) is 0 Å². The third-order valence-corrected chi connectivity index (χ3v) is 10.3. The SMILES string of the molecule is N#C/C1=C(\C#N)SCCCN2CCOCCN(CCOCCOCCN3CCOCCN(CCCS1)CCOCC3)CCOCC2. The number of thioether (sulfide) groups is 2. The van der Waals surface area contributed by atoms with Crippen LogP contribution in [-0.4, -0.2) is 189 Å². The smallest absolute Gasteiger partial charge is 0.109 e. The largest absolute Gasteiger partial charge is 0.379 e. The number of allylic oxidation sites excluding steroid dienone is 2. The standard InChI is InChI=1S/C32H56N6O6S2/c33-29-31-32(30-34)46-28-2-4-36-7-17-41-21-11-38(12-22-42-18-8-36)14-24-44-26-25-43-23-13-37-9-19-39-15-5-35(3-1-27-45-31)6-16-40-20-10-37/h1-28H2/b32-31-. The quantitative estimate of drug-likeness (QED) is 0.370. The van der Waals surface area contributed by atoms with E-state index >= 15 is 0 Å². The fraction of sp³-hybridized carbons (Fsp3) is 0.875. The summed E-state index contributed by atoms with van der Waals surface area (Å²) < 4.78 is 35.7. The highest BCUT2D eigenvalue weighted by atomic mass is 32.2. The normalized spacial score (nSPS) is 31.5. The van der Waals surface area contributed by atoms with Crippen LogP contribution in [0.4, 0.5) is 0 Å². The van der Waals surface area contributed by atoms with Crippen molar-refractivity contribution in [2.75, 3.05) is 169 Å². The van der Waals surface area contributed by atoms with Crippen molar-refractivity contribution in [1.82, 2.24) is 19.6 Å². The van der Waals surface area contributed by atoms with E-state index < -0.39 is 0 Å². The lowest BCUT2D eigenvalue weighted by Gasteiger charge is -2.26. The lowest BCUT2D eigenvalue weighted by molar-refractivity contribution is 0.00735. The second-order valence-corrected chi connectivity index (χ2v) is 13.5. The van der Waals surface area contributed by atoms with E-state index in [1.807, 2.05) is 0 Å². The molecular weight excluding hydrogens is 629 g/mol. The van der Waals surface area contributed by atoms with Gasteiger partial charge in [0.1, 0.15) is 21.9 Å². The zero-order valence-electron chi connectivity index (χ0n) is 27.7. The maximum Gasteiger partial charge on any atom is 0.109 e. The molecule has 0 atom stereocenters. The molecule has 4 bridgehead atoms. The van der Waals surface area contributed by atoms with Crippen LogP contribution in [0.2, 0.25) is 0 Å². The topological polar surface area (TPSA) is 116 Å². The fourth-order valence-electron chi connectivity index (χ4n) is 5.23. The molecule has 0 aromatic carbocycles. The summed E-state index contributed by atoms with van der Waals surface area (Å²) in [5.74, 6) is 1.59. The van der Waals surface area contributed by atoms with Gasteiger partial charge in [-0.2, -0.15) is 10.5 Å². The summed E-state index contributed by atoms with van der Waals surface area (Å²) >= 11 is 2.99. The predicted octanol–water partition coefficient (Wildman–Crippen LogP) is 1.84. The van der Waals surface area contributed by atoms with Crippen molar-refractivity contribution in [1.29, 1.82) is 10.5 Å². The minimum Gasteiger partial charge on any atom is -0.379 e. The molecule has 14 heteroatoms. The van der Waals surface area contributed by atoms with Crippen LogP contribution in [0.25, 0.3) is 0 Å². The van der Waals surface area contributed by atoms with Gasteiger partial charge in [0.05, 0.1) is 79.3 Å². The molecule has 46 heavy (non-hydrogen) atoms. The first-order valence-corrected chi connectivity index (χ1v) is 18.9. The van der Waals surface area contributed by atoms with Gasteiger partial charge in [0.2, 0.25) is 0 Å². The van der Waals surface area contributed by atoms with Crippen LogP contribution in [-0.2, 0) is 28.4 Å². The number of nitriles is 2. The molecule has 0 unspecified atom stereocenters. The van der Waals surface area contributed by atoms with Crippen molar-refractivity contribution >= 4 is 23.5 Å². The number of rotatable bonds is 0. The molecule has 0 amide bonds. The van der Waals surface area contributed by atoms with Gasteiger partial charge in [-0.3, -0.25) is 19.6 Å². The summed E-state index contributed by atoms with van der Waals surface area (Å²) in [6.07, 6.45) is 1.85. The Labute approximate surface area is 285 Å². The van der Waals surface area contributed by atoms with Crippen molar-refractivity contribution in [2.24, 2.45) is 0 Å². The Morgan fingerprint density at radius 3 is 0.870 bits per heavy atom. The first-order chi connectivity index (χ1) is 22.8. The van der Waals surface area contributed by atoms with Crippen LogP contribution in [0, 0.1) is 22.7 Å². The molecule has 12 nitrogen and oxygen atoms in total. The molecule has 2 fully saturated rings. The Hall–Kier alpha value is -0.980. The average molecular weight is 685 g/mol. The summed E-state index contributed by atoms with van der Waals surface area (Å²) in [6, 6.07) is 4.56. The Morgan fingerprint density at radius 2 is 0.609 bits per heavy atom. The summed E-state index contributed by atoms with van der Waals surface area (Å²) in [7, 11) is 0. The second kappa shape index (κ2) is 26.9. The third kappa shape index (κ3) is 18.5. The molecule has 0 saturated carbocycles. The van der Waals surface area contributed by atoms with E-state index in [0.717, 1.165) is 103 Å². The van der Waals surface area contributed by atoms with Gasteiger partial charge in [-0.05, 0) is 37.4 Å². The van der Waals surface area contributed by atoms with Gasteiger partial charge in [0, 0.05) is 65.4 Å². The van der Waals surface area contributed by atoms with E-state index in [4.69, 9.17) is 28.4 Å². The van der Waals surface area contributed by atoms with Gasteiger partial charge < -0.3 is 28.4 Å². The molecule has 2 saturated heterocycles. The zero-order chi connectivity index (χ0) is 32.3. The van der Waals surface area contributed by atoms with E-state index in [1.54, 1.807) is 0 Å². The van der Waals surface area contributed by atoms with Gasteiger partial charge in [0.15, 0.2) is 0 Å². The maximum atomic E-state index is 9.80. The highest BCUT2D eigenvalue weighted by molar-refractivity contribution is 8.07. The van der Waals surface area contributed by atoms with Crippen molar-refractivity contribution in [3.05, 3.63) is 9.81 Å². The van der Waals surface area contributed by atoms with Crippen LogP contribution in [0.15, 0.2) is 9.81 Å². The van der Waals surface area contributed by atoms with Gasteiger partial charge in [-0.15, -0.1) is 23.5 Å². The van der Waals surface area contributed by atoms with Crippen molar-refractivity contribution < 1.29 is 28.4 Å². The van der Waals surface area contributed by atoms with Crippen LogP contribution in [0.1, 0.15) is 12.8 Å². The average Bonchev–Trinajstić information content (AvgIpc) is 3.05. The van der Waals surface area contributed by atoms with Crippen molar-refractivity contribution in [3.8, 4) is 12.1 Å². The highest BCUT2D eigenvalue weighted by Crippen LogP contribution is 2.28. The molecule has 0 radical (unpaired) electrons. The Kier molecular flexibility index (Phi) is 23.1. The second-order valence-electron chi connectivity index (χ2n) is 11.3. The maximum absolute atomic E-state index is 9.80. The van der Waals surface area contributed by atoms with E-state index in [2.05, 4.69) is 31.7 Å². The van der Waals surface area contributed by atoms with Crippen LogP contribution in [0.3, 0.4) is 0 Å². The highest BCUT2D eigenvalue weighted by Gasteiger charge is 2.14. The lowest BCUT2D eigenvalue weighted by Crippen LogP contribution is -2.38. The number of hydrogen-bond donors (Lipinski definition) is 0. The molecule has 6 aliphatic rings. The Balaban J connectivity index is 1.55. The van der Waals surface area contributed by atoms with E-state index in [-0.39, 0.29) is 0 Å². The number of hydrogen-bond acceptors (Lipinski definition) is 14. The van der Waals surface area contributed by atoms with Crippen molar-refractivity contribution in [3.63, 3.8) is 0 Å². The first-order valence-electron chi connectivity index (χ1n) is 16.9. The third-order valence-electron chi connectivity index (χ3n) is 8.03. The Morgan fingerprint density at radius 1 is 0.370 bits per heavy atom. The van der Waals surface area contributed by atoms with E-state index in [1.165, 1.54) is 23.5 Å².